The minimum Gasteiger partial charge on any atom is -0.365 e. The van der Waals surface area contributed by atoms with Crippen LogP contribution in [0.4, 0.5) is 11.6 Å². The van der Waals surface area contributed by atoms with Crippen LogP contribution in [0.15, 0.2) is 18.3 Å². The van der Waals surface area contributed by atoms with Crippen LogP contribution in [-0.4, -0.2) is 59.0 Å². The topological polar surface area (TPSA) is 74.2 Å². The van der Waals surface area contributed by atoms with Gasteiger partial charge in [0, 0.05) is 50.7 Å². The number of rotatable bonds is 4. The zero-order chi connectivity index (χ0) is 18.8. The van der Waals surface area contributed by atoms with Gasteiger partial charge in [0.05, 0.1) is 0 Å². The number of pyridine rings is 1. The highest BCUT2D eigenvalue weighted by atomic mass is 16.2. The fourth-order valence-electron chi connectivity index (χ4n) is 3.11. The van der Waals surface area contributed by atoms with Crippen LogP contribution in [0, 0.1) is 20.8 Å². The van der Waals surface area contributed by atoms with Crippen molar-refractivity contribution in [3.63, 3.8) is 0 Å². The van der Waals surface area contributed by atoms with Crippen molar-refractivity contribution in [2.24, 2.45) is 0 Å². The Morgan fingerprint density at radius 2 is 2.04 bits per heavy atom. The molecule has 0 aliphatic carbocycles. The molecule has 1 fully saturated rings. The first-order chi connectivity index (χ1) is 12.3. The predicted octanol–water partition coefficient (Wildman–Crippen LogP) is 2.19. The van der Waals surface area contributed by atoms with Gasteiger partial charge >= 0.3 is 0 Å². The smallest absolute Gasteiger partial charge is 0.291 e. The van der Waals surface area contributed by atoms with E-state index in [9.17, 15) is 4.79 Å². The Hall–Kier alpha value is -2.70. The van der Waals surface area contributed by atoms with Gasteiger partial charge in [-0.15, -0.1) is 0 Å². The monoisotopic (exact) mass is 354 g/mol. The number of carbonyl (C=O) groups is 1. The summed E-state index contributed by atoms with van der Waals surface area (Å²) < 4.78 is 0. The van der Waals surface area contributed by atoms with E-state index in [1.807, 2.05) is 26.1 Å². The van der Waals surface area contributed by atoms with Crippen molar-refractivity contribution >= 4 is 17.5 Å². The number of hydrogen-bond acceptors (Lipinski definition) is 6. The molecule has 0 saturated carbocycles. The quantitative estimate of drug-likeness (QED) is 0.907. The van der Waals surface area contributed by atoms with Gasteiger partial charge in [0.25, 0.3) is 5.91 Å². The Morgan fingerprint density at radius 3 is 2.73 bits per heavy atom. The molecular formula is C19H26N6O. The number of nitrogens with zero attached hydrogens (tertiary/aromatic N) is 5. The van der Waals surface area contributed by atoms with E-state index in [2.05, 4.69) is 38.2 Å². The van der Waals surface area contributed by atoms with Crippen molar-refractivity contribution in [1.82, 2.24) is 19.9 Å². The van der Waals surface area contributed by atoms with Crippen molar-refractivity contribution in [1.29, 1.82) is 0 Å². The number of nitrogens with one attached hydrogen (secondary N) is 1. The lowest BCUT2D eigenvalue weighted by Crippen LogP contribution is -2.30. The molecule has 1 saturated heterocycles. The van der Waals surface area contributed by atoms with Crippen molar-refractivity contribution in [3.8, 4) is 0 Å². The van der Waals surface area contributed by atoms with E-state index < -0.39 is 0 Å². The van der Waals surface area contributed by atoms with Gasteiger partial charge in [0.2, 0.25) is 5.82 Å². The first kappa shape index (κ1) is 18.1. The number of aryl methyl sites for hydroxylation is 2. The van der Waals surface area contributed by atoms with E-state index in [0.717, 1.165) is 42.4 Å². The Balaban J connectivity index is 1.78. The molecule has 1 aliphatic rings. The zero-order valence-corrected chi connectivity index (χ0v) is 16.1. The molecule has 0 unspecified atom stereocenters. The van der Waals surface area contributed by atoms with Gasteiger partial charge in [-0.1, -0.05) is 0 Å². The molecule has 1 N–H and O–H groups in total. The van der Waals surface area contributed by atoms with E-state index in [0.29, 0.717) is 6.04 Å². The molecule has 1 aliphatic heterocycles. The molecule has 138 valence electrons. The molecular weight excluding hydrogens is 328 g/mol. The largest absolute Gasteiger partial charge is 0.365 e. The van der Waals surface area contributed by atoms with Gasteiger partial charge in [-0.05, 0) is 44.9 Å². The SMILES string of the molecule is Cc1ccnc(N[C@@H]2CCN(c3nc(C(=O)N(C)C)nc(C)c3C)C2)c1. The Morgan fingerprint density at radius 1 is 1.27 bits per heavy atom. The van der Waals surface area contributed by atoms with Crippen molar-refractivity contribution in [3.05, 3.63) is 41.0 Å². The first-order valence-corrected chi connectivity index (χ1v) is 8.86. The van der Waals surface area contributed by atoms with Gasteiger partial charge in [-0.2, -0.15) is 0 Å². The van der Waals surface area contributed by atoms with E-state index >= 15 is 0 Å². The van der Waals surface area contributed by atoms with Crippen LogP contribution in [0.3, 0.4) is 0 Å². The van der Waals surface area contributed by atoms with Crippen LogP contribution < -0.4 is 10.2 Å². The molecule has 0 spiro atoms. The molecule has 0 aromatic carbocycles. The molecule has 1 amide bonds. The molecule has 3 heterocycles. The summed E-state index contributed by atoms with van der Waals surface area (Å²) in [5.41, 5.74) is 3.05. The van der Waals surface area contributed by atoms with E-state index in [-0.39, 0.29) is 11.7 Å². The Kier molecular flexibility index (Phi) is 5.06. The summed E-state index contributed by atoms with van der Waals surface area (Å²) in [5, 5.41) is 3.50. The van der Waals surface area contributed by atoms with Crippen LogP contribution in [-0.2, 0) is 0 Å². The van der Waals surface area contributed by atoms with Gasteiger partial charge in [0.1, 0.15) is 11.6 Å². The lowest BCUT2D eigenvalue weighted by molar-refractivity contribution is 0.0815. The van der Waals surface area contributed by atoms with Gasteiger partial charge < -0.3 is 15.1 Å². The third kappa shape index (κ3) is 3.76. The van der Waals surface area contributed by atoms with Crippen molar-refractivity contribution in [2.45, 2.75) is 33.2 Å². The molecule has 0 bridgehead atoms. The maximum absolute atomic E-state index is 12.3. The highest BCUT2D eigenvalue weighted by molar-refractivity contribution is 5.90. The summed E-state index contributed by atoms with van der Waals surface area (Å²) in [6, 6.07) is 4.34. The molecule has 0 radical (unpaired) electrons. The molecule has 26 heavy (non-hydrogen) atoms. The number of anilines is 2. The standard InChI is InChI=1S/C19H26N6O/c1-12-6-8-20-16(10-12)22-15-7-9-25(11-15)18-13(2)14(3)21-17(23-18)19(26)24(4)5/h6,8,10,15H,7,9,11H2,1-5H3,(H,20,22)/t15-/m1/s1. The second-order valence-electron chi connectivity index (χ2n) is 7.08. The lowest BCUT2D eigenvalue weighted by atomic mass is 10.2. The van der Waals surface area contributed by atoms with Crippen LogP contribution in [0.25, 0.3) is 0 Å². The van der Waals surface area contributed by atoms with Crippen LogP contribution in [0.1, 0.15) is 33.9 Å². The zero-order valence-electron chi connectivity index (χ0n) is 16.1. The van der Waals surface area contributed by atoms with Crippen molar-refractivity contribution < 1.29 is 4.79 Å². The first-order valence-electron chi connectivity index (χ1n) is 8.86. The highest BCUT2D eigenvalue weighted by Gasteiger charge is 2.27. The van der Waals surface area contributed by atoms with Crippen LogP contribution in [0.5, 0.6) is 0 Å². The summed E-state index contributed by atoms with van der Waals surface area (Å²) in [6.45, 7) is 7.70. The van der Waals surface area contributed by atoms with Crippen LogP contribution >= 0.6 is 0 Å². The summed E-state index contributed by atoms with van der Waals surface area (Å²) in [6.07, 6.45) is 2.82. The van der Waals surface area contributed by atoms with Crippen molar-refractivity contribution in [2.75, 3.05) is 37.4 Å². The third-order valence-electron chi connectivity index (χ3n) is 4.72. The van der Waals surface area contributed by atoms with Crippen LogP contribution in [0.2, 0.25) is 0 Å². The number of amides is 1. The van der Waals surface area contributed by atoms with E-state index in [1.165, 1.54) is 10.5 Å². The third-order valence-corrected chi connectivity index (χ3v) is 4.72. The number of aromatic nitrogens is 3. The summed E-state index contributed by atoms with van der Waals surface area (Å²) in [7, 11) is 3.43. The van der Waals surface area contributed by atoms with Gasteiger partial charge in [-0.25, -0.2) is 15.0 Å². The number of carbonyl (C=O) groups excluding carboxylic acids is 1. The Bertz CT molecular complexity index is 820. The molecule has 2 aromatic rings. The fraction of sp³-hybridized carbons (Fsp3) is 0.474. The maximum atomic E-state index is 12.3. The maximum Gasteiger partial charge on any atom is 0.291 e. The summed E-state index contributed by atoms with van der Waals surface area (Å²) in [4.78, 5) is 29.3. The minimum absolute atomic E-state index is 0.174. The van der Waals surface area contributed by atoms with Gasteiger partial charge in [-0.3, -0.25) is 4.79 Å². The number of hydrogen-bond donors (Lipinski definition) is 1. The molecule has 1 atom stereocenters. The highest BCUT2D eigenvalue weighted by Crippen LogP contribution is 2.25. The second kappa shape index (κ2) is 7.27. The van der Waals surface area contributed by atoms with E-state index in [4.69, 9.17) is 0 Å². The molecule has 7 heteroatoms. The summed E-state index contributed by atoms with van der Waals surface area (Å²) in [5.74, 6) is 1.83. The Labute approximate surface area is 154 Å². The normalized spacial score (nSPS) is 16.7. The van der Waals surface area contributed by atoms with E-state index in [1.54, 1.807) is 14.1 Å². The average Bonchev–Trinajstić information content (AvgIpc) is 3.04. The second-order valence-corrected chi connectivity index (χ2v) is 7.08. The fourth-order valence-corrected chi connectivity index (χ4v) is 3.11. The average molecular weight is 354 g/mol. The molecule has 3 rings (SSSR count). The minimum atomic E-state index is -0.174. The molecule has 2 aromatic heterocycles. The lowest BCUT2D eigenvalue weighted by Gasteiger charge is -2.22. The predicted molar refractivity (Wildman–Crippen MR) is 103 cm³/mol. The molecule has 7 nitrogen and oxygen atoms in total. The summed E-state index contributed by atoms with van der Waals surface area (Å²) >= 11 is 0. The van der Waals surface area contributed by atoms with Gasteiger partial charge in [0.15, 0.2) is 0 Å².